The number of nitrogens with one attached hydrogen (secondary N) is 4. The molecule has 4 aromatic carbocycles. The number of benzene rings is 4. The summed E-state index contributed by atoms with van der Waals surface area (Å²) in [7, 11) is 5.69. The molecule has 4 bridgehead atoms. The van der Waals surface area contributed by atoms with E-state index >= 15 is 0 Å². The minimum Gasteiger partial charge on any atom is -0.496 e. The third-order valence-electron chi connectivity index (χ3n) is 10.8. The largest absolute Gasteiger partial charge is 0.496 e. The van der Waals surface area contributed by atoms with E-state index in [9.17, 15) is 28.8 Å². The number of methoxy groups -OCH3 is 3. The molecule has 1 heterocycles. The minimum absolute atomic E-state index is 0.0685. The number of hydrogen-bond donors (Lipinski definition) is 4. The number of ether oxygens (including phenoxy) is 4. The molecule has 0 unspecified atom stereocenters. The number of rotatable bonds is 13. The summed E-state index contributed by atoms with van der Waals surface area (Å²) in [5, 5.41) is 11.1. The first-order valence-corrected chi connectivity index (χ1v) is 21.2. The van der Waals surface area contributed by atoms with E-state index in [1.807, 2.05) is 43.3 Å². The molecule has 0 aliphatic carbocycles. The van der Waals surface area contributed by atoms with Crippen LogP contribution in [0.1, 0.15) is 80.0 Å². The van der Waals surface area contributed by atoms with E-state index in [2.05, 4.69) is 21.3 Å². The first kappa shape index (κ1) is 48.1. The van der Waals surface area contributed by atoms with Gasteiger partial charge in [0.05, 0.1) is 21.3 Å². The number of likely N-dealkylation sites (N-methyl/N-ethyl adjacent to an activating group) is 1. The number of esters is 1. The maximum atomic E-state index is 14.8. The fraction of sp³-hybridized carbons (Fsp3) is 0.388. The van der Waals surface area contributed by atoms with Gasteiger partial charge in [0.1, 0.15) is 41.3 Å². The van der Waals surface area contributed by atoms with Crippen LogP contribution < -0.4 is 30.7 Å². The van der Waals surface area contributed by atoms with Crippen molar-refractivity contribution in [1.29, 1.82) is 0 Å². The van der Waals surface area contributed by atoms with Crippen LogP contribution in [0.3, 0.4) is 0 Å². The number of amides is 5. The molecule has 0 radical (unpaired) electrons. The number of aryl methyl sites for hydroxylation is 1. The van der Waals surface area contributed by atoms with Gasteiger partial charge in [0.25, 0.3) is 5.91 Å². The fourth-order valence-corrected chi connectivity index (χ4v) is 7.39. The lowest BCUT2D eigenvalue weighted by atomic mass is 9.93. The van der Waals surface area contributed by atoms with Crippen LogP contribution in [0.25, 0.3) is 22.3 Å². The Morgan fingerprint density at radius 3 is 2.02 bits per heavy atom. The highest BCUT2D eigenvalue weighted by atomic mass is 16.6. The lowest BCUT2D eigenvalue weighted by Gasteiger charge is -2.32. The summed E-state index contributed by atoms with van der Waals surface area (Å²) in [5.74, 6) is -2.25. The highest BCUT2D eigenvalue weighted by Crippen LogP contribution is 2.40. The van der Waals surface area contributed by atoms with E-state index in [1.165, 1.54) is 40.2 Å². The van der Waals surface area contributed by atoms with Gasteiger partial charge in [0, 0.05) is 36.7 Å². The lowest BCUT2D eigenvalue weighted by molar-refractivity contribution is -0.145. The summed E-state index contributed by atoms with van der Waals surface area (Å²) in [4.78, 5) is 83.4. The molecule has 5 rings (SSSR count). The predicted octanol–water partition coefficient (Wildman–Crippen LogP) is 6.06. The standard InChI is InChI=1S/C49H59N5O10/c1-29-13-16-32(17-14-29)33-18-20-34(21-19-33)44(56)52-38(12-10-11-25-50-48(60)64-49(3,4)5)46(58)54(6)42-35-22-24-41(62-8)37(28-35)36-26-31(15-23-40(36)61-7)27-39(47(59)63-9)53-43(55)30(2)51-45(42)57/h13-24,26,28,30,38-39,42H,10-12,25,27H2,1-9H3,(H,50,60)(H,51,57)(H,52,56)(H,53,55)/t30-,38-,39-,42-/m0/s1. The average Bonchev–Trinajstić information content (AvgIpc) is 3.26. The van der Waals surface area contributed by atoms with Crippen LogP contribution in [-0.2, 0) is 35.1 Å². The van der Waals surface area contributed by atoms with Gasteiger partial charge in [0.2, 0.25) is 17.7 Å². The second kappa shape index (κ2) is 21.5. The number of nitrogens with zero attached hydrogens (tertiary/aromatic N) is 1. The van der Waals surface area contributed by atoms with Gasteiger partial charge >= 0.3 is 12.1 Å². The van der Waals surface area contributed by atoms with Gasteiger partial charge in [-0.15, -0.1) is 0 Å². The highest BCUT2D eigenvalue weighted by Gasteiger charge is 2.36. The van der Waals surface area contributed by atoms with E-state index in [-0.39, 0.29) is 19.4 Å². The zero-order valence-electron chi connectivity index (χ0n) is 38.0. The molecule has 4 atom stereocenters. The molecular weight excluding hydrogens is 819 g/mol. The van der Waals surface area contributed by atoms with Crippen molar-refractivity contribution in [1.82, 2.24) is 26.2 Å². The van der Waals surface area contributed by atoms with Crippen molar-refractivity contribution >= 4 is 35.7 Å². The summed E-state index contributed by atoms with van der Waals surface area (Å²) in [6.07, 6.45) is 0.477. The number of carbonyl (C=O) groups is 6. The number of hydrogen-bond acceptors (Lipinski definition) is 10. The first-order valence-electron chi connectivity index (χ1n) is 21.2. The van der Waals surface area contributed by atoms with Gasteiger partial charge in [-0.25, -0.2) is 9.59 Å². The molecular formula is C49H59N5O10. The number of alkyl carbamates (subject to hydrolysis) is 1. The van der Waals surface area contributed by atoms with Crippen molar-refractivity contribution < 1.29 is 47.7 Å². The van der Waals surface area contributed by atoms with Crippen LogP contribution in [0, 0.1) is 6.92 Å². The molecule has 4 N–H and O–H groups in total. The number of fused-ring (bicyclic) bond motifs is 5. The SMILES string of the molecule is COC(=O)[C@@H]1Cc2ccc(OC)c(c2)-c2cc(ccc2OC)[C@H](N(C)C(=O)[C@H](CCCCNC(=O)OC(C)(C)C)NC(=O)c2ccc(-c3ccc(C)cc3)cc2)C(=O)N[C@@H](C)C(=O)N1. The van der Waals surface area contributed by atoms with Crippen LogP contribution in [0.4, 0.5) is 4.79 Å². The molecule has 0 fully saturated rings. The zero-order chi connectivity index (χ0) is 46.7. The van der Waals surface area contributed by atoms with E-state index in [0.29, 0.717) is 52.2 Å². The molecule has 15 heteroatoms. The third-order valence-corrected chi connectivity index (χ3v) is 10.8. The number of unbranched alkanes of at least 4 members (excludes halogenated alkanes) is 1. The van der Waals surface area contributed by atoms with Crippen LogP contribution >= 0.6 is 0 Å². The van der Waals surface area contributed by atoms with Crippen molar-refractivity contribution in [3.63, 3.8) is 0 Å². The highest BCUT2D eigenvalue weighted by molar-refractivity contribution is 5.99. The molecule has 1 aliphatic rings. The lowest BCUT2D eigenvalue weighted by Crippen LogP contribution is -2.55. The van der Waals surface area contributed by atoms with E-state index in [0.717, 1.165) is 16.7 Å². The van der Waals surface area contributed by atoms with Crippen molar-refractivity contribution in [3.8, 4) is 33.8 Å². The Morgan fingerprint density at radius 1 is 0.797 bits per heavy atom. The topological polar surface area (TPSA) is 191 Å². The van der Waals surface area contributed by atoms with Gasteiger partial charge in [-0.2, -0.15) is 0 Å². The van der Waals surface area contributed by atoms with Gasteiger partial charge < -0.3 is 45.1 Å². The van der Waals surface area contributed by atoms with Crippen molar-refractivity contribution in [3.05, 3.63) is 107 Å². The molecule has 0 aromatic heterocycles. The van der Waals surface area contributed by atoms with Crippen LogP contribution in [0.5, 0.6) is 11.5 Å². The maximum Gasteiger partial charge on any atom is 0.407 e. The summed E-state index contributed by atoms with van der Waals surface area (Å²) in [5.41, 5.74) is 4.78. The Labute approximate surface area is 374 Å². The Morgan fingerprint density at radius 2 is 1.41 bits per heavy atom. The Bertz CT molecular complexity index is 2320. The maximum absolute atomic E-state index is 14.8. The van der Waals surface area contributed by atoms with Crippen molar-refractivity contribution in [2.75, 3.05) is 34.9 Å². The molecule has 0 saturated heterocycles. The van der Waals surface area contributed by atoms with Crippen LogP contribution in [0.2, 0.25) is 0 Å². The monoisotopic (exact) mass is 877 g/mol. The Balaban J connectivity index is 1.51. The summed E-state index contributed by atoms with van der Waals surface area (Å²) >= 11 is 0. The zero-order valence-corrected chi connectivity index (χ0v) is 38.0. The van der Waals surface area contributed by atoms with E-state index in [1.54, 1.807) is 69.3 Å². The first-order chi connectivity index (χ1) is 30.4. The normalized spacial score (nSPS) is 16.7. The molecule has 0 spiro atoms. The molecule has 15 nitrogen and oxygen atoms in total. The summed E-state index contributed by atoms with van der Waals surface area (Å²) in [6.45, 7) is 9.02. The van der Waals surface area contributed by atoms with Crippen LogP contribution in [0.15, 0.2) is 84.9 Å². The van der Waals surface area contributed by atoms with E-state index < -0.39 is 65.5 Å². The summed E-state index contributed by atoms with van der Waals surface area (Å²) in [6, 6.07) is 20.7. The Hall–Kier alpha value is -6.90. The summed E-state index contributed by atoms with van der Waals surface area (Å²) < 4.78 is 21.9. The fourth-order valence-electron chi connectivity index (χ4n) is 7.39. The van der Waals surface area contributed by atoms with Gasteiger partial charge in [-0.05, 0) is 113 Å². The molecule has 64 heavy (non-hydrogen) atoms. The Kier molecular flexibility index (Phi) is 16.1. The third kappa shape index (κ3) is 12.4. The molecule has 1 aliphatic heterocycles. The predicted molar refractivity (Wildman–Crippen MR) is 242 cm³/mol. The second-order valence-corrected chi connectivity index (χ2v) is 16.8. The smallest absolute Gasteiger partial charge is 0.407 e. The van der Waals surface area contributed by atoms with Crippen molar-refractivity contribution in [2.24, 2.45) is 0 Å². The molecule has 5 amide bonds. The van der Waals surface area contributed by atoms with Crippen molar-refractivity contribution in [2.45, 2.75) is 90.1 Å². The van der Waals surface area contributed by atoms with Gasteiger partial charge in [-0.3, -0.25) is 19.2 Å². The second-order valence-electron chi connectivity index (χ2n) is 16.8. The van der Waals surface area contributed by atoms with Gasteiger partial charge in [0.15, 0.2) is 0 Å². The quantitative estimate of drug-likeness (QED) is 0.0908. The van der Waals surface area contributed by atoms with E-state index in [4.69, 9.17) is 18.9 Å². The molecule has 4 aromatic rings. The number of carbonyl (C=O) groups excluding carboxylic acids is 6. The van der Waals surface area contributed by atoms with Crippen LogP contribution in [-0.4, -0.2) is 99.2 Å². The molecule has 340 valence electrons. The van der Waals surface area contributed by atoms with Gasteiger partial charge in [-0.1, -0.05) is 54.1 Å². The average molecular weight is 878 g/mol. The minimum atomic E-state index is -1.34. The molecule has 0 saturated carbocycles.